The first-order chi connectivity index (χ1) is 19.0. The zero-order valence-electron chi connectivity index (χ0n) is 20.8. The van der Waals surface area contributed by atoms with Gasteiger partial charge < -0.3 is 9.84 Å². The van der Waals surface area contributed by atoms with Crippen LogP contribution in [0.3, 0.4) is 0 Å². The van der Waals surface area contributed by atoms with E-state index >= 15 is 0 Å². The number of Topliss-reactive ketones (excluding diaryl/α,β-unsaturated/α-hetero) is 2. The second kappa shape index (κ2) is 9.98. The van der Waals surface area contributed by atoms with Gasteiger partial charge >= 0.3 is 0 Å². The molecular formula is C31H23N3O5. The van der Waals surface area contributed by atoms with Crippen LogP contribution < -0.4 is 10.3 Å². The monoisotopic (exact) mass is 517 g/mol. The van der Waals surface area contributed by atoms with E-state index in [1.54, 1.807) is 54.7 Å². The van der Waals surface area contributed by atoms with E-state index in [4.69, 9.17) is 4.74 Å². The number of para-hydroxylation sites is 1. The lowest BCUT2D eigenvalue weighted by molar-refractivity contribution is 0.0971. The highest BCUT2D eigenvalue weighted by Gasteiger charge is 2.26. The summed E-state index contributed by atoms with van der Waals surface area (Å²) in [7, 11) is 0. The number of ether oxygens (including phenoxy) is 1. The number of hydrogen-bond acceptors (Lipinski definition) is 7. The molecular weight excluding hydrogens is 494 g/mol. The molecule has 8 heteroatoms. The van der Waals surface area contributed by atoms with Crippen molar-refractivity contribution in [3.8, 4) is 22.9 Å². The lowest BCUT2D eigenvalue weighted by atomic mass is 9.91. The summed E-state index contributed by atoms with van der Waals surface area (Å²) in [6.45, 7) is 0. The minimum Gasteiger partial charge on any atom is -0.508 e. The van der Waals surface area contributed by atoms with Crippen LogP contribution in [0.25, 0.3) is 16.6 Å². The van der Waals surface area contributed by atoms with Crippen molar-refractivity contribution in [3.63, 3.8) is 0 Å². The van der Waals surface area contributed by atoms with E-state index in [1.807, 2.05) is 18.2 Å². The minimum atomic E-state index is -0.435. The Balaban J connectivity index is 1.28. The Labute approximate surface area is 223 Å². The molecule has 39 heavy (non-hydrogen) atoms. The van der Waals surface area contributed by atoms with Gasteiger partial charge in [0.15, 0.2) is 11.6 Å². The van der Waals surface area contributed by atoms with Gasteiger partial charge in [-0.3, -0.25) is 28.9 Å². The van der Waals surface area contributed by atoms with Crippen molar-refractivity contribution >= 4 is 22.5 Å². The van der Waals surface area contributed by atoms with Crippen LogP contribution in [0.5, 0.6) is 17.2 Å². The van der Waals surface area contributed by atoms with Gasteiger partial charge in [0.1, 0.15) is 17.2 Å². The van der Waals surface area contributed by atoms with E-state index in [0.717, 1.165) is 5.39 Å². The average molecular weight is 518 g/mol. The molecule has 0 saturated carbocycles. The Morgan fingerprint density at radius 2 is 1.79 bits per heavy atom. The molecule has 0 unspecified atom stereocenters. The number of aromatic nitrogens is 3. The molecule has 3 heterocycles. The van der Waals surface area contributed by atoms with Gasteiger partial charge in [-0.2, -0.15) is 0 Å². The Kier molecular flexibility index (Phi) is 6.20. The lowest BCUT2D eigenvalue weighted by Crippen LogP contribution is -2.32. The molecule has 1 aliphatic rings. The third-order valence-electron chi connectivity index (χ3n) is 6.79. The molecule has 0 radical (unpaired) electrons. The number of carbonyl (C=O) groups excluding carboxylic acids is 2. The summed E-state index contributed by atoms with van der Waals surface area (Å²) < 4.78 is 7.48. The first-order valence-corrected chi connectivity index (χ1v) is 12.6. The van der Waals surface area contributed by atoms with Gasteiger partial charge in [0.2, 0.25) is 0 Å². The zero-order valence-corrected chi connectivity index (χ0v) is 20.8. The number of phenols is 1. The predicted molar refractivity (Wildman–Crippen MR) is 145 cm³/mol. The van der Waals surface area contributed by atoms with Crippen LogP contribution in [-0.2, 0) is 12.8 Å². The van der Waals surface area contributed by atoms with Crippen molar-refractivity contribution in [2.45, 2.75) is 25.7 Å². The van der Waals surface area contributed by atoms with Gasteiger partial charge in [0.25, 0.3) is 5.56 Å². The maximum absolute atomic E-state index is 13.5. The molecule has 1 aliphatic carbocycles. The van der Waals surface area contributed by atoms with Crippen LogP contribution in [0.2, 0.25) is 0 Å². The van der Waals surface area contributed by atoms with Gasteiger partial charge in [0.05, 0.1) is 23.7 Å². The summed E-state index contributed by atoms with van der Waals surface area (Å²) in [4.78, 5) is 48.2. The number of rotatable bonds is 6. The summed E-state index contributed by atoms with van der Waals surface area (Å²) >= 11 is 0. The normalized spacial score (nSPS) is 12.8. The molecule has 2 aromatic carbocycles. The molecule has 0 saturated heterocycles. The highest BCUT2D eigenvalue weighted by molar-refractivity contribution is 6.03. The first kappa shape index (κ1) is 24.2. The second-order valence-corrected chi connectivity index (χ2v) is 9.37. The van der Waals surface area contributed by atoms with Crippen LogP contribution in [0.15, 0.2) is 90.0 Å². The third kappa shape index (κ3) is 4.68. The summed E-state index contributed by atoms with van der Waals surface area (Å²) in [5, 5.41) is 10.4. The standard InChI is InChI=1S/C31H23N3O5/c35-21-10-12-23-26(16-21)32-14-13-30(23)39-22-11-9-19(33-18-22)15-29(37)25-17-24-27(7-4-8-28(24)36)34(31(25)38)20-5-2-1-3-6-20/h1-3,5-6,9-14,16-18,35H,4,7-8,15H2. The molecule has 1 N–H and O–H groups in total. The fourth-order valence-corrected chi connectivity index (χ4v) is 4.90. The van der Waals surface area contributed by atoms with Crippen LogP contribution >= 0.6 is 0 Å². The molecule has 0 spiro atoms. The number of carbonyl (C=O) groups is 2. The fourth-order valence-electron chi connectivity index (χ4n) is 4.90. The molecule has 3 aromatic heterocycles. The quantitative estimate of drug-likeness (QED) is 0.307. The molecule has 6 rings (SSSR count). The largest absolute Gasteiger partial charge is 0.508 e. The molecule has 0 amide bonds. The van der Waals surface area contributed by atoms with Crippen LogP contribution in [0, 0.1) is 0 Å². The van der Waals surface area contributed by atoms with Gasteiger partial charge in [0, 0.05) is 46.7 Å². The average Bonchev–Trinajstić information content (AvgIpc) is 2.94. The molecule has 0 bridgehead atoms. The SMILES string of the molecule is O=C1CCCc2c1cc(C(=O)Cc1ccc(Oc3ccnc4cc(O)ccc34)cn1)c(=O)n2-c1ccccc1. The van der Waals surface area contributed by atoms with Crippen molar-refractivity contribution in [3.05, 3.63) is 118 Å². The summed E-state index contributed by atoms with van der Waals surface area (Å²) in [5.74, 6) is 0.644. The Hall–Kier alpha value is -5.11. The zero-order chi connectivity index (χ0) is 26.9. The molecule has 192 valence electrons. The number of benzene rings is 2. The molecule has 0 fully saturated rings. The number of pyridine rings is 3. The van der Waals surface area contributed by atoms with Crippen LogP contribution in [0.4, 0.5) is 0 Å². The number of nitrogens with zero attached hydrogens (tertiary/aromatic N) is 3. The number of phenolic OH excluding ortho intramolecular Hbond substituents is 1. The Morgan fingerprint density at radius 3 is 2.59 bits per heavy atom. The minimum absolute atomic E-state index is 0.0264. The first-order valence-electron chi connectivity index (χ1n) is 12.6. The number of aromatic hydroxyl groups is 1. The van der Waals surface area contributed by atoms with Gasteiger partial charge in [-0.1, -0.05) is 18.2 Å². The molecule has 5 aromatic rings. The van der Waals surface area contributed by atoms with Crippen molar-refractivity contribution in [1.82, 2.24) is 14.5 Å². The van der Waals surface area contributed by atoms with E-state index in [1.165, 1.54) is 16.8 Å². The highest BCUT2D eigenvalue weighted by Crippen LogP contribution is 2.30. The topological polar surface area (TPSA) is 111 Å². The maximum Gasteiger partial charge on any atom is 0.266 e. The highest BCUT2D eigenvalue weighted by atomic mass is 16.5. The number of ketones is 2. The summed E-state index contributed by atoms with van der Waals surface area (Å²) in [5.41, 5.74) is 2.30. The summed E-state index contributed by atoms with van der Waals surface area (Å²) in [6, 6.07) is 20.5. The van der Waals surface area contributed by atoms with Crippen LogP contribution in [0.1, 0.15) is 44.9 Å². The fraction of sp³-hybridized carbons (Fsp3) is 0.129. The van der Waals surface area contributed by atoms with Gasteiger partial charge in [-0.15, -0.1) is 0 Å². The van der Waals surface area contributed by atoms with E-state index in [0.29, 0.717) is 58.9 Å². The molecule has 8 nitrogen and oxygen atoms in total. The number of hydrogen-bond donors (Lipinski definition) is 1. The maximum atomic E-state index is 13.5. The molecule has 0 atom stereocenters. The van der Waals surface area contributed by atoms with Crippen LogP contribution in [-0.4, -0.2) is 31.2 Å². The predicted octanol–water partition coefficient (Wildman–Crippen LogP) is 5.22. The van der Waals surface area contributed by atoms with E-state index in [2.05, 4.69) is 9.97 Å². The summed E-state index contributed by atoms with van der Waals surface area (Å²) in [6.07, 6.45) is 4.65. The third-order valence-corrected chi connectivity index (χ3v) is 6.79. The van der Waals surface area contributed by atoms with Crippen molar-refractivity contribution in [2.24, 2.45) is 0 Å². The van der Waals surface area contributed by atoms with Crippen molar-refractivity contribution in [2.75, 3.05) is 0 Å². The lowest BCUT2D eigenvalue weighted by Gasteiger charge is -2.21. The van der Waals surface area contributed by atoms with Crippen molar-refractivity contribution < 1.29 is 19.4 Å². The van der Waals surface area contributed by atoms with E-state index < -0.39 is 11.3 Å². The molecule has 0 aliphatic heterocycles. The Morgan fingerprint density at radius 1 is 0.949 bits per heavy atom. The van der Waals surface area contributed by atoms with Gasteiger partial charge in [-0.25, -0.2) is 0 Å². The Bertz CT molecular complexity index is 1790. The van der Waals surface area contributed by atoms with E-state index in [9.17, 15) is 19.5 Å². The number of fused-ring (bicyclic) bond motifs is 2. The smallest absolute Gasteiger partial charge is 0.266 e. The van der Waals surface area contributed by atoms with E-state index in [-0.39, 0.29) is 23.5 Å². The van der Waals surface area contributed by atoms with Gasteiger partial charge in [-0.05, 0) is 61.4 Å². The van der Waals surface area contributed by atoms with Crippen molar-refractivity contribution in [1.29, 1.82) is 0 Å². The second-order valence-electron chi connectivity index (χ2n) is 9.37.